The van der Waals surface area contributed by atoms with E-state index in [1.807, 2.05) is 0 Å². The van der Waals surface area contributed by atoms with Crippen molar-refractivity contribution in [1.82, 2.24) is 5.32 Å². The maximum absolute atomic E-state index is 13.1. The van der Waals surface area contributed by atoms with Crippen molar-refractivity contribution in [1.29, 1.82) is 0 Å². The predicted molar refractivity (Wildman–Crippen MR) is 62.4 cm³/mol. The number of aliphatic hydroxyl groups is 1. The Morgan fingerprint density at radius 1 is 0.950 bits per heavy atom. The van der Waals surface area contributed by atoms with Gasteiger partial charge < -0.3 is 10.4 Å². The number of piperidine rings is 1. The molecule has 7 heteroatoms. The van der Waals surface area contributed by atoms with Crippen molar-refractivity contribution in [3.05, 3.63) is 35.4 Å². The highest BCUT2D eigenvalue weighted by Crippen LogP contribution is 2.44. The quantitative estimate of drug-likeness (QED) is 0.822. The second-order valence-electron chi connectivity index (χ2n) is 4.93. The summed E-state index contributed by atoms with van der Waals surface area (Å²) in [5.41, 5.74) is -1.93. The van der Waals surface area contributed by atoms with E-state index in [2.05, 4.69) is 5.32 Å². The largest absolute Gasteiger partial charge is 0.458 e. The van der Waals surface area contributed by atoms with Gasteiger partial charge >= 0.3 is 12.1 Å². The van der Waals surface area contributed by atoms with Crippen molar-refractivity contribution < 1.29 is 27.1 Å². The normalized spacial score (nSPS) is 19.9. The molecule has 2 nitrogen and oxygen atoms in total. The minimum Gasteiger partial charge on any atom is -0.385 e. The van der Waals surface area contributed by atoms with Gasteiger partial charge in [0.05, 0.1) is 5.60 Å². The topological polar surface area (TPSA) is 32.3 Å². The van der Waals surface area contributed by atoms with Crippen LogP contribution in [-0.2, 0) is 11.5 Å². The summed E-state index contributed by atoms with van der Waals surface area (Å²) in [6, 6.07) is 3.73. The first-order valence-electron chi connectivity index (χ1n) is 6.15. The molecule has 1 aliphatic rings. The highest BCUT2D eigenvalue weighted by atomic mass is 19.4. The Hall–Kier alpha value is -1.21. The summed E-state index contributed by atoms with van der Waals surface area (Å²) in [6.07, 6.45) is -4.84. The summed E-state index contributed by atoms with van der Waals surface area (Å²) < 4.78 is 63.0. The van der Waals surface area contributed by atoms with Crippen molar-refractivity contribution in [3.8, 4) is 0 Å². The second kappa shape index (κ2) is 4.96. The van der Waals surface area contributed by atoms with Gasteiger partial charge in [-0.3, -0.25) is 0 Å². The molecule has 20 heavy (non-hydrogen) atoms. The maximum atomic E-state index is 13.1. The zero-order valence-corrected chi connectivity index (χ0v) is 10.5. The lowest BCUT2D eigenvalue weighted by atomic mass is 9.84. The lowest BCUT2D eigenvalue weighted by Gasteiger charge is -2.33. The molecule has 1 aliphatic heterocycles. The van der Waals surface area contributed by atoms with E-state index in [0.717, 1.165) is 24.3 Å². The molecule has 0 radical (unpaired) electrons. The van der Waals surface area contributed by atoms with Gasteiger partial charge in [-0.15, -0.1) is 0 Å². The van der Waals surface area contributed by atoms with Crippen molar-refractivity contribution in [2.45, 2.75) is 30.5 Å². The van der Waals surface area contributed by atoms with E-state index in [1.54, 1.807) is 0 Å². The molecular formula is C13H14F5NO. The van der Waals surface area contributed by atoms with Gasteiger partial charge in [-0.1, -0.05) is 24.3 Å². The smallest absolute Gasteiger partial charge is 0.385 e. The molecule has 0 aliphatic carbocycles. The number of hydrogen-bond acceptors (Lipinski definition) is 2. The fourth-order valence-electron chi connectivity index (χ4n) is 2.28. The van der Waals surface area contributed by atoms with E-state index in [1.165, 1.54) is 0 Å². The summed E-state index contributed by atoms with van der Waals surface area (Å²) in [5, 5.41) is 13.4. The lowest BCUT2D eigenvalue weighted by Crippen LogP contribution is -2.39. The van der Waals surface area contributed by atoms with Crippen LogP contribution in [0.25, 0.3) is 0 Å². The zero-order valence-electron chi connectivity index (χ0n) is 10.5. The molecule has 1 heterocycles. The van der Waals surface area contributed by atoms with E-state index in [0.29, 0.717) is 31.5 Å². The number of hydrogen-bond donors (Lipinski definition) is 2. The fraction of sp³-hybridized carbons (Fsp3) is 0.538. The van der Waals surface area contributed by atoms with Crippen LogP contribution in [0.1, 0.15) is 24.0 Å². The Balaban J connectivity index is 2.27. The Morgan fingerprint density at radius 2 is 1.45 bits per heavy atom. The van der Waals surface area contributed by atoms with Crippen LogP contribution < -0.4 is 5.32 Å². The molecule has 1 fully saturated rings. The zero-order chi connectivity index (χ0) is 15.0. The van der Waals surface area contributed by atoms with Crippen LogP contribution in [0.15, 0.2) is 24.3 Å². The second-order valence-corrected chi connectivity index (χ2v) is 4.93. The fourth-order valence-corrected chi connectivity index (χ4v) is 2.28. The van der Waals surface area contributed by atoms with Gasteiger partial charge in [-0.2, -0.15) is 22.0 Å². The monoisotopic (exact) mass is 295 g/mol. The summed E-state index contributed by atoms with van der Waals surface area (Å²) in [4.78, 5) is 0. The van der Waals surface area contributed by atoms with Crippen LogP contribution in [-0.4, -0.2) is 24.4 Å². The molecule has 2 rings (SSSR count). The SMILES string of the molecule is OC1(c2ccc(C(F)(F)C(F)(F)F)cc2)CCNCC1. The molecule has 0 bridgehead atoms. The minimum atomic E-state index is -5.62. The number of rotatable bonds is 2. The van der Waals surface area contributed by atoms with Gasteiger partial charge in [0.1, 0.15) is 0 Å². The van der Waals surface area contributed by atoms with Crippen LogP contribution in [0, 0.1) is 0 Å². The summed E-state index contributed by atoms with van der Waals surface area (Å²) in [7, 11) is 0. The van der Waals surface area contributed by atoms with Gasteiger partial charge in [-0.05, 0) is 31.5 Å². The van der Waals surface area contributed by atoms with E-state index in [-0.39, 0.29) is 0 Å². The average Bonchev–Trinajstić information content (AvgIpc) is 2.38. The van der Waals surface area contributed by atoms with Crippen LogP contribution in [0.5, 0.6) is 0 Å². The van der Waals surface area contributed by atoms with E-state index in [4.69, 9.17) is 0 Å². The third-order valence-corrected chi connectivity index (χ3v) is 3.57. The molecule has 2 N–H and O–H groups in total. The predicted octanol–water partition coefficient (Wildman–Crippen LogP) is 2.91. The molecule has 0 aromatic heterocycles. The summed E-state index contributed by atoms with van der Waals surface area (Å²) in [6.45, 7) is 1.13. The molecule has 0 amide bonds. The molecule has 1 aromatic rings. The van der Waals surface area contributed by atoms with Gasteiger partial charge in [-0.25, -0.2) is 0 Å². The molecule has 1 saturated heterocycles. The van der Waals surface area contributed by atoms with Crippen molar-refractivity contribution >= 4 is 0 Å². The highest BCUT2D eigenvalue weighted by Gasteiger charge is 2.58. The third-order valence-electron chi connectivity index (χ3n) is 3.57. The molecule has 112 valence electrons. The van der Waals surface area contributed by atoms with Crippen LogP contribution in [0.3, 0.4) is 0 Å². The molecule has 0 unspecified atom stereocenters. The van der Waals surface area contributed by atoms with Crippen LogP contribution in [0.4, 0.5) is 22.0 Å². The first-order valence-corrected chi connectivity index (χ1v) is 6.15. The van der Waals surface area contributed by atoms with Crippen molar-refractivity contribution in [3.63, 3.8) is 0 Å². The van der Waals surface area contributed by atoms with Gasteiger partial charge in [0, 0.05) is 5.56 Å². The lowest BCUT2D eigenvalue weighted by molar-refractivity contribution is -0.289. The molecule has 0 atom stereocenters. The molecular weight excluding hydrogens is 281 g/mol. The van der Waals surface area contributed by atoms with E-state index >= 15 is 0 Å². The van der Waals surface area contributed by atoms with Gasteiger partial charge in [0.2, 0.25) is 0 Å². The Bertz CT molecular complexity index is 463. The average molecular weight is 295 g/mol. The van der Waals surface area contributed by atoms with E-state index < -0.39 is 23.3 Å². The van der Waals surface area contributed by atoms with Gasteiger partial charge in [0.25, 0.3) is 0 Å². The van der Waals surface area contributed by atoms with Crippen LogP contribution in [0.2, 0.25) is 0 Å². The standard InChI is InChI=1S/C13H14F5NO/c14-12(15,13(16,17)18)10-3-1-9(2-4-10)11(20)5-7-19-8-6-11/h1-4,19-20H,5-8H2. The third kappa shape index (κ3) is 2.64. The minimum absolute atomic E-state index is 0.362. The van der Waals surface area contributed by atoms with Crippen molar-refractivity contribution in [2.75, 3.05) is 13.1 Å². The summed E-state index contributed by atoms with van der Waals surface area (Å²) in [5.74, 6) is -4.89. The Morgan fingerprint density at radius 3 is 1.90 bits per heavy atom. The molecule has 0 saturated carbocycles. The van der Waals surface area contributed by atoms with Crippen molar-refractivity contribution in [2.24, 2.45) is 0 Å². The highest BCUT2D eigenvalue weighted by molar-refractivity contribution is 5.30. The first-order chi connectivity index (χ1) is 9.17. The van der Waals surface area contributed by atoms with Gasteiger partial charge in [0.15, 0.2) is 0 Å². The van der Waals surface area contributed by atoms with E-state index in [9.17, 15) is 27.1 Å². The first kappa shape index (κ1) is 15.2. The molecule has 0 spiro atoms. The Labute approximate surface area is 112 Å². The molecule has 1 aromatic carbocycles. The number of alkyl halides is 5. The number of nitrogens with one attached hydrogen (secondary N) is 1. The summed E-state index contributed by atoms with van der Waals surface area (Å²) >= 11 is 0. The Kier molecular flexibility index (Phi) is 3.77. The number of benzene rings is 1. The maximum Gasteiger partial charge on any atom is 0.458 e. The van der Waals surface area contributed by atoms with Crippen LogP contribution >= 0.6 is 0 Å². The number of halogens is 5.